The molecule has 0 atom stereocenters. The zero-order valence-electron chi connectivity index (χ0n) is 14.3. The normalized spacial score (nSPS) is 18.5. The third-order valence-electron chi connectivity index (χ3n) is 4.86. The predicted octanol–water partition coefficient (Wildman–Crippen LogP) is 3.52. The third kappa shape index (κ3) is 4.24. The number of hydrogen-bond acceptors (Lipinski definition) is 5. The van der Waals surface area contributed by atoms with Gasteiger partial charge in [-0.25, -0.2) is 4.98 Å². The first-order valence-corrected chi connectivity index (χ1v) is 9.01. The lowest BCUT2D eigenvalue weighted by molar-refractivity contribution is 0.0976. The van der Waals surface area contributed by atoms with Crippen molar-refractivity contribution in [2.45, 2.75) is 70.4 Å². The standard InChI is InChI=1S/C18H27N5O/c1-12(19)21-18(24)13-10-16(22-14-6-2-3-7-14)17(20-11-13)23-15-8-4-5-9-15/h10-11,14-15,22H,2-9H2,1H3,(H,20,23)(H2,19,21,24). The molecule has 2 saturated carbocycles. The Balaban J connectivity index is 1.80. The molecule has 0 aromatic carbocycles. The second kappa shape index (κ2) is 7.64. The highest BCUT2D eigenvalue weighted by molar-refractivity contribution is 6.05. The Bertz CT molecular complexity index is 603. The van der Waals surface area contributed by atoms with Crippen molar-refractivity contribution in [3.63, 3.8) is 0 Å². The van der Waals surface area contributed by atoms with Gasteiger partial charge in [-0.15, -0.1) is 0 Å². The summed E-state index contributed by atoms with van der Waals surface area (Å²) < 4.78 is 0. The lowest BCUT2D eigenvalue weighted by Gasteiger charge is -2.20. The van der Waals surface area contributed by atoms with Gasteiger partial charge in [0.05, 0.1) is 17.1 Å². The van der Waals surface area contributed by atoms with Crippen LogP contribution in [0.3, 0.4) is 0 Å². The molecule has 1 aromatic rings. The largest absolute Gasteiger partial charge is 0.379 e. The second-order valence-electron chi connectivity index (χ2n) is 6.95. The van der Waals surface area contributed by atoms with Gasteiger partial charge in [0.25, 0.3) is 5.91 Å². The Morgan fingerprint density at radius 3 is 2.25 bits per heavy atom. The molecular weight excluding hydrogens is 302 g/mol. The summed E-state index contributed by atoms with van der Waals surface area (Å²) in [4.78, 5) is 16.7. The van der Waals surface area contributed by atoms with Gasteiger partial charge in [-0.1, -0.05) is 25.7 Å². The number of amidine groups is 1. The van der Waals surface area contributed by atoms with Crippen molar-refractivity contribution in [2.24, 2.45) is 0 Å². The van der Waals surface area contributed by atoms with E-state index in [-0.39, 0.29) is 11.7 Å². The van der Waals surface area contributed by atoms with Crippen LogP contribution in [-0.2, 0) is 0 Å². The molecular formula is C18H27N5O. The highest BCUT2D eigenvalue weighted by atomic mass is 16.1. The Hall–Kier alpha value is -2.11. The van der Waals surface area contributed by atoms with Crippen molar-refractivity contribution < 1.29 is 4.79 Å². The minimum atomic E-state index is -0.281. The van der Waals surface area contributed by atoms with Crippen molar-refractivity contribution >= 4 is 23.2 Å². The first kappa shape index (κ1) is 16.7. The monoisotopic (exact) mass is 329 g/mol. The average Bonchev–Trinajstić information content (AvgIpc) is 3.22. The third-order valence-corrected chi connectivity index (χ3v) is 4.86. The Morgan fingerprint density at radius 2 is 1.67 bits per heavy atom. The summed E-state index contributed by atoms with van der Waals surface area (Å²) >= 11 is 0. The maximum absolute atomic E-state index is 12.2. The molecule has 0 unspecified atom stereocenters. The first-order valence-electron chi connectivity index (χ1n) is 9.01. The zero-order chi connectivity index (χ0) is 16.9. The molecule has 2 fully saturated rings. The van der Waals surface area contributed by atoms with Crippen LogP contribution in [0.4, 0.5) is 11.5 Å². The van der Waals surface area contributed by atoms with E-state index in [0.29, 0.717) is 17.6 Å². The van der Waals surface area contributed by atoms with E-state index in [4.69, 9.17) is 5.41 Å². The van der Waals surface area contributed by atoms with E-state index in [1.54, 1.807) is 13.1 Å². The maximum Gasteiger partial charge on any atom is 0.258 e. The molecule has 4 N–H and O–H groups in total. The number of anilines is 2. The van der Waals surface area contributed by atoms with Gasteiger partial charge in [0.15, 0.2) is 0 Å². The summed E-state index contributed by atoms with van der Waals surface area (Å²) in [6.07, 6.45) is 11.3. The maximum atomic E-state index is 12.2. The molecule has 0 aliphatic heterocycles. The van der Waals surface area contributed by atoms with Gasteiger partial charge < -0.3 is 16.0 Å². The predicted molar refractivity (Wildman–Crippen MR) is 96.9 cm³/mol. The van der Waals surface area contributed by atoms with Crippen molar-refractivity contribution in [1.29, 1.82) is 5.41 Å². The molecule has 3 rings (SSSR count). The smallest absolute Gasteiger partial charge is 0.258 e. The summed E-state index contributed by atoms with van der Waals surface area (Å²) in [5.41, 5.74) is 1.39. The molecule has 6 heteroatoms. The SMILES string of the molecule is CC(=N)NC(=O)c1cnc(NC2CCCC2)c(NC2CCCC2)c1. The van der Waals surface area contributed by atoms with E-state index >= 15 is 0 Å². The van der Waals surface area contributed by atoms with E-state index in [9.17, 15) is 4.79 Å². The van der Waals surface area contributed by atoms with Crippen LogP contribution in [0.25, 0.3) is 0 Å². The fourth-order valence-corrected chi connectivity index (χ4v) is 3.61. The summed E-state index contributed by atoms with van der Waals surface area (Å²) in [6.45, 7) is 1.55. The molecule has 1 aromatic heterocycles. The molecule has 0 spiro atoms. The van der Waals surface area contributed by atoms with Gasteiger partial charge in [0.1, 0.15) is 5.82 Å². The Kier molecular flexibility index (Phi) is 5.33. The van der Waals surface area contributed by atoms with Gasteiger partial charge in [0.2, 0.25) is 0 Å². The average molecular weight is 329 g/mol. The summed E-state index contributed by atoms with van der Waals surface area (Å²) in [5.74, 6) is 0.701. The number of amides is 1. The lowest BCUT2D eigenvalue weighted by Crippen LogP contribution is -2.28. The molecule has 2 aliphatic carbocycles. The van der Waals surface area contributed by atoms with Crippen LogP contribution in [0, 0.1) is 5.41 Å². The van der Waals surface area contributed by atoms with Crippen LogP contribution in [-0.4, -0.2) is 28.8 Å². The zero-order valence-corrected chi connectivity index (χ0v) is 14.3. The van der Waals surface area contributed by atoms with E-state index in [1.165, 1.54) is 51.4 Å². The van der Waals surface area contributed by atoms with Crippen LogP contribution in [0.15, 0.2) is 12.3 Å². The molecule has 1 heterocycles. The second-order valence-corrected chi connectivity index (χ2v) is 6.95. The fraction of sp³-hybridized carbons (Fsp3) is 0.611. The number of nitrogens with one attached hydrogen (secondary N) is 4. The van der Waals surface area contributed by atoms with Gasteiger partial charge >= 0.3 is 0 Å². The highest BCUT2D eigenvalue weighted by Gasteiger charge is 2.21. The topological polar surface area (TPSA) is 89.9 Å². The Labute approximate surface area is 143 Å². The quantitative estimate of drug-likeness (QED) is 0.491. The molecule has 1 amide bonds. The summed E-state index contributed by atoms with van der Waals surface area (Å²) in [7, 11) is 0. The van der Waals surface area contributed by atoms with Gasteiger partial charge in [0, 0.05) is 18.3 Å². The molecule has 6 nitrogen and oxygen atoms in total. The minimum absolute atomic E-state index is 0.137. The number of carbonyl (C=O) groups excluding carboxylic acids is 1. The van der Waals surface area contributed by atoms with Crippen LogP contribution >= 0.6 is 0 Å². The molecule has 0 saturated heterocycles. The van der Waals surface area contributed by atoms with Gasteiger partial charge in [-0.3, -0.25) is 10.2 Å². The van der Waals surface area contributed by atoms with Gasteiger partial charge in [-0.05, 0) is 38.7 Å². The number of nitrogens with zero attached hydrogens (tertiary/aromatic N) is 1. The van der Waals surface area contributed by atoms with E-state index in [0.717, 1.165) is 11.5 Å². The number of aromatic nitrogens is 1. The molecule has 0 radical (unpaired) electrons. The van der Waals surface area contributed by atoms with E-state index < -0.39 is 0 Å². The fourth-order valence-electron chi connectivity index (χ4n) is 3.61. The highest BCUT2D eigenvalue weighted by Crippen LogP contribution is 2.29. The van der Waals surface area contributed by atoms with Crippen molar-refractivity contribution in [2.75, 3.05) is 10.6 Å². The van der Waals surface area contributed by atoms with Crippen molar-refractivity contribution in [3.8, 4) is 0 Å². The van der Waals surface area contributed by atoms with Crippen LogP contribution in [0.5, 0.6) is 0 Å². The lowest BCUT2D eigenvalue weighted by atomic mass is 10.2. The summed E-state index contributed by atoms with van der Waals surface area (Å²) in [6, 6.07) is 2.80. The molecule has 130 valence electrons. The molecule has 0 bridgehead atoms. The van der Waals surface area contributed by atoms with Crippen molar-refractivity contribution in [1.82, 2.24) is 10.3 Å². The van der Waals surface area contributed by atoms with E-state index in [1.807, 2.05) is 6.07 Å². The van der Waals surface area contributed by atoms with Gasteiger partial charge in [-0.2, -0.15) is 0 Å². The van der Waals surface area contributed by atoms with E-state index in [2.05, 4.69) is 20.9 Å². The number of rotatable bonds is 5. The number of hydrogen-bond donors (Lipinski definition) is 4. The number of carbonyl (C=O) groups is 1. The van der Waals surface area contributed by atoms with Crippen LogP contribution in [0.1, 0.15) is 68.6 Å². The first-order chi connectivity index (χ1) is 11.6. The summed E-state index contributed by atoms with van der Waals surface area (Å²) in [5, 5.41) is 17.1. The van der Waals surface area contributed by atoms with Crippen LogP contribution in [0.2, 0.25) is 0 Å². The van der Waals surface area contributed by atoms with Crippen LogP contribution < -0.4 is 16.0 Å². The minimum Gasteiger partial charge on any atom is -0.379 e. The number of pyridine rings is 1. The molecule has 2 aliphatic rings. The molecule has 24 heavy (non-hydrogen) atoms. The Morgan fingerprint density at radius 1 is 1.08 bits per heavy atom. The van der Waals surface area contributed by atoms with Crippen molar-refractivity contribution in [3.05, 3.63) is 17.8 Å².